The highest BCUT2D eigenvalue weighted by Gasteiger charge is 2.21. The lowest BCUT2D eigenvalue weighted by Crippen LogP contribution is -2.27. The minimum Gasteiger partial charge on any atom is -0.326 e. The molecular weight excluding hydrogens is 304 g/mol. The zero-order valence-electron chi connectivity index (χ0n) is 15.0. The Morgan fingerprint density at radius 2 is 1.50 bits per heavy atom. The molecule has 0 aliphatic carbocycles. The maximum Gasteiger partial charge on any atom is 0.259 e. The average Bonchev–Trinajstić information content (AvgIpc) is 2.73. The van der Waals surface area contributed by atoms with E-state index in [0.717, 1.165) is 5.69 Å². The lowest BCUT2D eigenvalue weighted by Gasteiger charge is -2.17. The Bertz CT molecular complexity index is 768. The fraction of sp³-hybridized carbons (Fsp3) is 0.389. The van der Waals surface area contributed by atoms with Crippen molar-refractivity contribution in [3.05, 3.63) is 41.2 Å². The van der Waals surface area contributed by atoms with Gasteiger partial charge in [-0.05, 0) is 38.1 Å². The van der Waals surface area contributed by atoms with Gasteiger partial charge in [-0.25, -0.2) is 0 Å². The summed E-state index contributed by atoms with van der Waals surface area (Å²) in [6.07, 6.45) is 0. The van der Waals surface area contributed by atoms with E-state index < -0.39 is 5.41 Å². The standard InChI is InChI=1S/C18H24N4O2/c1-11-15(12(2)22(6)21-11)16(23)19-13-7-9-14(10-8-13)20-17(24)18(3,4)5/h7-10H,1-6H3,(H,19,23)(H,20,24). The number of rotatable bonds is 3. The van der Waals surface area contributed by atoms with E-state index in [2.05, 4.69) is 15.7 Å². The third-order valence-corrected chi connectivity index (χ3v) is 3.82. The Hall–Kier alpha value is -2.63. The summed E-state index contributed by atoms with van der Waals surface area (Å²) >= 11 is 0. The Labute approximate surface area is 142 Å². The molecule has 6 nitrogen and oxygen atoms in total. The van der Waals surface area contributed by atoms with E-state index in [4.69, 9.17) is 0 Å². The molecule has 1 aromatic carbocycles. The number of amides is 2. The lowest BCUT2D eigenvalue weighted by atomic mass is 9.95. The first-order chi connectivity index (χ1) is 11.1. The zero-order chi connectivity index (χ0) is 18.1. The molecule has 24 heavy (non-hydrogen) atoms. The van der Waals surface area contributed by atoms with E-state index >= 15 is 0 Å². The van der Waals surface area contributed by atoms with E-state index in [1.165, 1.54) is 0 Å². The Morgan fingerprint density at radius 3 is 1.92 bits per heavy atom. The van der Waals surface area contributed by atoms with Crippen molar-refractivity contribution in [2.24, 2.45) is 12.5 Å². The molecule has 0 radical (unpaired) electrons. The van der Waals surface area contributed by atoms with Gasteiger partial charge in [0, 0.05) is 29.5 Å². The molecule has 0 aliphatic rings. The van der Waals surface area contributed by atoms with Gasteiger partial charge in [0.25, 0.3) is 5.91 Å². The highest BCUT2D eigenvalue weighted by atomic mass is 16.2. The van der Waals surface area contributed by atoms with Crippen LogP contribution in [0.3, 0.4) is 0 Å². The van der Waals surface area contributed by atoms with Crippen molar-refractivity contribution in [3.8, 4) is 0 Å². The van der Waals surface area contributed by atoms with Crippen LogP contribution in [-0.4, -0.2) is 21.6 Å². The number of carbonyl (C=O) groups is 2. The molecule has 2 rings (SSSR count). The Kier molecular flexibility index (Phi) is 4.78. The van der Waals surface area contributed by atoms with Crippen LogP contribution in [0, 0.1) is 19.3 Å². The summed E-state index contributed by atoms with van der Waals surface area (Å²) in [6.45, 7) is 9.24. The number of nitrogens with zero attached hydrogens (tertiary/aromatic N) is 2. The summed E-state index contributed by atoms with van der Waals surface area (Å²) in [6, 6.07) is 7.05. The normalized spacial score (nSPS) is 11.2. The van der Waals surface area contributed by atoms with Crippen molar-refractivity contribution in [3.63, 3.8) is 0 Å². The van der Waals surface area contributed by atoms with Gasteiger partial charge in [-0.15, -0.1) is 0 Å². The van der Waals surface area contributed by atoms with Gasteiger partial charge in [-0.3, -0.25) is 14.3 Å². The maximum absolute atomic E-state index is 12.4. The molecule has 0 aliphatic heterocycles. The molecule has 1 heterocycles. The first kappa shape index (κ1) is 17.7. The van der Waals surface area contributed by atoms with Crippen LogP contribution >= 0.6 is 0 Å². The molecule has 0 saturated carbocycles. The molecule has 0 saturated heterocycles. The smallest absolute Gasteiger partial charge is 0.259 e. The number of hydrogen-bond donors (Lipinski definition) is 2. The van der Waals surface area contributed by atoms with Crippen LogP contribution in [0.25, 0.3) is 0 Å². The summed E-state index contributed by atoms with van der Waals surface area (Å²) in [5.41, 5.74) is 3.00. The van der Waals surface area contributed by atoms with E-state index in [9.17, 15) is 9.59 Å². The van der Waals surface area contributed by atoms with Crippen LogP contribution in [0.1, 0.15) is 42.5 Å². The maximum atomic E-state index is 12.4. The molecule has 2 aromatic rings. The predicted molar refractivity (Wildman–Crippen MR) is 95.2 cm³/mol. The summed E-state index contributed by atoms with van der Waals surface area (Å²) in [7, 11) is 1.81. The van der Waals surface area contributed by atoms with Crippen LogP contribution in [0.15, 0.2) is 24.3 Å². The number of hydrogen-bond acceptors (Lipinski definition) is 3. The molecule has 1 aromatic heterocycles. The van der Waals surface area contributed by atoms with Crippen LogP contribution in [0.5, 0.6) is 0 Å². The number of anilines is 2. The van der Waals surface area contributed by atoms with E-state index in [1.807, 2.05) is 41.7 Å². The summed E-state index contributed by atoms with van der Waals surface area (Å²) in [4.78, 5) is 24.4. The zero-order valence-corrected chi connectivity index (χ0v) is 15.0. The number of aryl methyl sites for hydroxylation is 2. The quantitative estimate of drug-likeness (QED) is 0.908. The number of carbonyl (C=O) groups excluding carboxylic acids is 2. The summed E-state index contributed by atoms with van der Waals surface area (Å²) in [5.74, 6) is -0.245. The first-order valence-electron chi connectivity index (χ1n) is 7.82. The van der Waals surface area contributed by atoms with E-state index in [0.29, 0.717) is 22.6 Å². The van der Waals surface area contributed by atoms with Crippen LogP contribution in [-0.2, 0) is 11.8 Å². The second kappa shape index (κ2) is 6.47. The Morgan fingerprint density at radius 1 is 1.00 bits per heavy atom. The van der Waals surface area contributed by atoms with Gasteiger partial charge in [0.2, 0.25) is 5.91 Å². The number of nitrogens with one attached hydrogen (secondary N) is 2. The average molecular weight is 328 g/mol. The van der Waals surface area contributed by atoms with Crippen molar-refractivity contribution < 1.29 is 9.59 Å². The monoisotopic (exact) mass is 328 g/mol. The van der Waals surface area contributed by atoms with Gasteiger partial charge in [0.05, 0.1) is 11.3 Å². The van der Waals surface area contributed by atoms with Crippen molar-refractivity contribution >= 4 is 23.2 Å². The summed E-state index contributed by atoms with van der Waals surface area (Å²) in [5, 5.41) is 9.96. The van der Waals surface area contributed by atoms with Gasteiger partial charge in [-0.1, -0.05) is 20.8 Å². The largest absolute Gasteiger partial charge is 0.326 e. The summed E-state index contributed by atoms with van der Waals surface area (Å²) < 4.78 is 1.69. The SMILES string of the molecule is Cc1nn(C)c(C)c1C(=O)Nc1ccc(NC(=O)C(C)(C)C)cc1. The third kappa shape index (κ3) is 3.82. The van der Waals surface area contributed by atoms with Gasteiger partial charge < -0.3 is 10.6 Å². The van der Waals surface area contributed by atoms with Crippen LogP contribution in [0.2, 0.25) is 0 Å². The fourth-order valence-electron chi connectivity index (χ4n) is 2.25. The molecule has 2 N–H and O–H groups in total. The van der Waals surface area contributed by atoms with Crippen molar-refractivity contribution in [1.29, 1.82) is 0 Å². The lowest BCUT2D eigenvalue weighted by molar-refractivity contribution is -0.123. The second-order valence-corrected chi connectivity index (χ2v) is 6.91. The van der Waals surface area contributed by atoms with Crippen molar-refractivity contribution in [2.45, 2.75) is 34.6 Å². The highest BCUT2D eigenvalue weighted by Crippen LogP contribution is 2.20. The van der Waals surface area contributed by atoms with Crippen LogP contribution in [0.4, 0.5) is 11.4 Å². The molecule has 0 atom stereocenters. The van der Waals surface area contributed by atoms with Gasteiger partial charge in [0.1, 0.15) is 0 Å². The van der Waals surface area contributed by atoms with Gasteiger partial charge in [-0.2, -0.15) is 5.10 Å². The number of aromatic nitrogens is 2. The highest BCUT2D eigenvalue weighted by molar-refractivity contribution is 6.06. The van der Waals surface area contributed by atoms with Crippen molar-refractivity contribution in [2.75, 3.05) is 10.6 Å². The minimum absolute atomic E-state index is 0.0547. The van der Waals surface area contributed by atoms with Crippen LogP contribution < -0.4 is 10.6 Å². The molecule has 0 fully saturated rings. The second-order valence-electron chi connectivity index (χ2n) is 6.91. The molecule has 0 spiro atoms. The molecule has 0 bridgehead atoms. The van der Waals surface area contributed by atoms with Gasteiger partial charge >= 0.3 is 0 Å². The minimum atomic E-state index is -0.456. The fourth-order valence-corrected chi connectivity index (χ4v) is 2.25. The first-order valence-corrected chi connectivity index (χ1v) is 7.82. The molecule has 2 amide bonds. The topological polar surface area (TPSA) is 76.0 Å². The Balaban J connectivity index is 2.09. The van der Waals surface area contributed by atoms with Gasteiger partial charge in [0.15, 0.2) is 0 Å². The molecule has 0 unspecified atom stereocenters. The third-order valence-electron chi connectivity index (χ3n) is 3.82. The molecular formula is C18H24N4O2. The molecule has 128 valence electrons. The number of benzene rings is 1. The van der Waals surface area contributed by atoms with E-state index in [-0.39, 0.29) is 11.8 Å². The van der Waals surface area contributed by atoms with Crippen molar-refractivity contribution in [1.82, 2.24) is 9.78 Å². The predicted octanol–water partition coefficient (Wildman–Crippen LogP) is 3.27. The molecule has 6 heteroatoms. The van der Waals surface area contributed by atoms with E-state index in [1.54, 1.807) is 28.9 Å².